The number of carboxylic acids is 1. The third-order valence-corrected chi connectivity index (χ3v) is 5.66. The van der Waals surface area contributed by atoms with Gasteiger partial charge in [0.05, 0.1) is 11.8 Å². The predicted molar refractivity (Wildman–Crippen MR) is 101 cm³/mol. The second-order valence-electron chi connectivity index (χ2n) is 7.09. The summed E-state index contributed by atoms with van der Waals surface area (Å²) in [5, 5.41) is 16.1. The summed E-state index contributed by atoms with van der Waals surface area (Å²) >= 11 is 0. The molecule has 1 aliphatic rings. The van der Waals surface area contributed by atoms with E-state index in [1.807, 2.05) is 24.5 Å². The largest absolute Gasteiger partial charge is 0.478 e. The Hall–Kier alpha value is -2.88. The Morgan fingerprint density at radius 1 is 0.885 bits per heavy atom. The molecular formula is C22H22N2O2. The van der Waals surface area contributed by atoms with Crippen molar-refractivity contribution in [3.8, 4) is 11.1 Å². The molecule has 0 saturated heterocycles. The van der Waals surface area contributed by atoms with E-state index >= 15 is 0 Å². The summed E-state index contributed by atoms with van der Waals surface area (Å²) in [7, 11) is 0. The second kappa shape index (κ2) is 6.79. The van der Waals surface area contributed by atoms with E-state index in [0.29, 0.717) is 5.56 Å². The summed E-state index contributed by atoms with van der Waals surface area (Å²) in [6, 6.07) is 16.2. The molecule has 26 heavy (non-hydrogen) atoms. The lowest BCUT2D eigenvalue weighted by molar-refractivity contribution is 0.0697. The molecular weight excluding hydrogens is 324 g/mol. The van der Waals surface area contributed by atoms with E-state index < -0.39 is 5.97 Å². The van der Waals surface area contributed by atoms with E-state index in [1.54, 1.807) is 12.1 Å². The minimum atomic E-state index is -0.876. The minimum absolute atomic E-state index is 0.0236. The number of carboxylic acid groups (broad SMARTS) is 1. The average molecular weight is 346 g/mol. The van der Waals surface area contributed by atoms with Gasteiger partial charge in [0.25, 0.3) is 0 Å². The zero-order chi connectivity index (χ0) is 18.0. The van der Waals surface area contributed by atoms with Gasteiger partial charge < -0.3 is 5.11 Å². The van der Waals surface area contributed by atoms with Crippen LogP contribution in [0.3, 0.4) is 0 Å². The van der Waals surface area contributed by atoms with Crippen LogP contribution < -0.4 is 0 Å². The molecule has 0 unspecified atom stereocenters. The predicted octanol–water partition coefficient (Wildman–Crippen LogP) is 5.03. The Morgan fingerprint density at radius 3 is 2.04 bits per heavy atom. The molecule has 0 spiro atoms. The molecule has 3 aromatic rings. The van der Waals surface area contributed by atoms with Gasteiger partial charge in [-0.2, -0.15) is 5.10 Å². The molecule has 4 nitrogen and oxygen atoms in total. The monoisotopic (exact) mass is 346 g/mol. The number of carbonyl (C=O) groups is 1. The first kappa shape index (κ1) is 16.6. The molecule has 0 atom stereocenters. The van der Waals surface area contributed by atoms with E-state index in [9.17, 15) is 9.90 Å². The number of nitrogens with one attached hydrogen (secondary N) is 1. The summed E-state index contributed by atoms with van der Waals surface area (Å²) in [6.45, 7) is 0. The molecule has 0 bridgehead atoms. The van der Waals surface area contributed by atoms with Crippen LogP contribution >= 0.6 is 0 Å². The van der Waals surface area contributed by atoms with Gasteiger partial charge in [-0.3, -0.25) is 5.10 Å². The minimum Gasteiger partial charge on any atom is -0.478 e. The zero-order valence-electron chi connectivity index (χ0n) is 14.6. The molecule has 0 radical (unpaired) electrons. The van der Waals surface area contributed by atoms with E-state index in [1.165, 1.54) is 30.4 Å². The number of H-pyrrole nitrogens is 1. The van der Waals surface area contributed by atoms with Crippen molar-refractivity contribution in [1.29, 1.82) is 0 Å². The summed E-state index contributed by atoms with van der Waals surface area (Å²) in [5.74, 6) is -0.876. The van der Waals surface area contributed by atoms with E-state index in [2.05, 4.69) is 34.5 Å². The Bertz CT molecular complexity index is 875. The van der Waals surface area contributed by atoms with Gasteiger partial charge in [0.1, 0.15) is 0 Å². The lowest BCUT2D eigenvalue weighted by Crippen LogP contribution is -2.30. The molecule has 1 heterocycles. The lowest BCUT2D eigenvalue weighted by atomic mass is 9.65. The summed E-state index contributed by atoms with van der Waals surface area (Å²) in [5.41, 5.74) is 5.08. The Kier molecular flexibility index (Phi) is 4.33. The highest BCUT2D eigenvalue weighted by molar-refractivity contribution is 5.87. The van der Waals surface area contributed by atoms with Crippen molar-refractivity contribution in [3.63, 3.8) is 0 Å². The number of rotatable bonds is 4. The standard InChI is InChI=1S/C22H22N2O2/c25-21(26)17-6-10-20(11-7-17)22(12-2-1-3-13-22)19-8-4-16(5-9-19)18-14-23-24-15-18/h4-11,14-15H,1-3,12-13H2,(H,23,24)(H,25,26). The fourth-order valence-electron chi connectivity index (χ4n) is 4.22. The maximum Gasteiger partial charge on any atom is 0.335 e. The molecule has 2 aromatic carbocycles. The van der Waals surface area contributed by atoms with Gasteiger partial charge in [-0.1, -0.05) is 55.7 Å². The topological polar surface area (TPSA) is 66.0 Å². The van der Waals surface area contributed by atoms with E-state index in [-0.39, 0.29) is 5.41 Å². The van der Waals surface area contributed by atoms with Crippen LogP contribution in [0.4, 0.5) is 0 Å². The highest BCUT2D eigenvalue weighted by Gasteiger charge is 2.35. The van der Waals surface area contributed by atoms with Crippen LogP contribution in [0.25, 0.3) is 11.1 Å². The molecule has 1 saturated carbocycles. The van der Waals surface area contributed by atoms with Crippen molar-refractivity contribution in [2.24, 2.45) is 0 Å². The Labute approximate surface area is 152 Å². The Morgan fingerprint density at radius 2 is 1.50 bits per heavy atom. The highest BCUT2D eigenvalue weighted by Crippen LogP contribution is 2.45. The van der Waals surface area contributed by atoms with Gasteiger partial charge in [0.15, 0.2) is 0 Å². The van der Waals surface area contributed by atoms with E-state index in [4.69, 9.17) is 0 Å². The number of hydrogen-bond acceptors (Lipinski definition) is 2. The number of aromatic carboxylic acids is 1. The number of aromatic amines is 1. The van der Waals surface area contributed by atoms with Gasteiger partial charge in [-0.25, -0.2) is 4.79 Å². The van der Waals surface area contributed by atoms with Crippen molar-refractivity contribution in [3.05, 3.63) is 77.6 Å². The number of nitrogens with zero attached hydrogens (tertiary/aromatic N) is 1. The van der Waals surface area contributed by atoms with Crippen molar-refractivity contribution in [1.82, 2.24) is 10.2 Å². The van der Waals surface area contributed by atoms with Crippen molar-refractivity contribution < 1.29 is 9.90 Å². The summed E-state index contributed by atoms with van der Waals surface area (Å²) in [4.78, 5) is 11.2. The van der Waals surface area contributed by atoms with Gasteiger partial charge in [-0.05, 0) is 41.7 Å². The first-order valence-electron chi connectivity index (χ1n) is 9.13. The molecule has 4 rings (SSSR count). The zero-order valence-corrected chi connectivity index (χ0v) is 14.6. The first-order valence-corrected chi connectivity index (χ1v) is 9.13. The van der Waals surface area contributed by atoms with Crippen molar-refractivity contribution >= 4 is 5.97 Å². The lowest BCUT2D eigenvalue weighted by Gasteiger charge is -2.38. The average Bonchev–Trinajstić information content (AvgIpc) is 3.23. The number of hydrogen-bond donors (Lipinski definition) is 2. The molecule has 1 aliphatic carbocycles. The van der Waals surface area contributed by atoms with Crippen molar-refractivity contribution in [2.75, 3.05) is 0 Å². The van der Waals surface area contributed by atoms with Crippen LogP contribution in [0.5, 0.6) is 0 Å². The SMILES string of the molecule is O=C(O)c1ccc(C2(c3ccc(-c4cn[nH]c4)cc3)CCCCC2)cc1. The normalized spacial score (nSPS) is 16.3. The van der Waals surface area contributed by atoms with Crippen molar-refractivity contribution in [2.45, 2.75) is 37.5 Å². The van der Waals surface area contributed by atoms with Gasteiger partial charge in [-0.15, -0.1) is 0 Å². The molecule has 1 aromatic heterocycles. The van der Waals surface area contributed by atoms with Gasteiger partial charge in [0.2, 0.25) is 0 Å². The fraction of sp³-hybridized carbons (Fsp3) is 0.273. The molecule has 2 N–H and O–H groups in total. The fourth-order valence-corrected chi connectivity index (χ4v) is 4.22. The molecule has 4 heteroatoms. The van der Waals surface area contributed by atoms with Gasteiger partial charge in [0, 0.05) is 17.2 Å². The smallest absolute Gasteiger partial charge is 0.335 e. The quantitative estimate of drug-likeness (QED) is 0.696. The molecule has 0 amide bonds. The van der Waals surface area contributed by atoms with Crippen LogP contribution in [0.1, 0.15) is 53.6 Å². The maximum absolute atomic E-state index is 11.2. The molecule has 1 fully saturated rings. The Balaban J connectivity index is 1.73. The molecule has 132 valence electrons. The number of aromatic nitrogens is 2. The van der Waals surface area contributed by atoms with Crippen LogP contribution in [-0.4, -0.2) is 21.3 Å². The third kappa shape index (κ3) is 2.92. The van der Waals surface area contributed by atoms with Crippen LogP contribution in [0.2, 0.25) is 0 Å². The first-order chi connectivity index (χ1) is 12.7. The molecule has 0 aliphatic heterocycles. The van der Waals surface area contributed by atoms with Crippen LogP contribution in [-0.2, 0) is 5.41 Å². The van der Waals surface area contributed by atoms with E-state index in [0.717, 1.165) is 24.0 Å². The van der Waals surface area contributed by atoms with Crippen LogP contribution in [0, 0.1) is 0 Å². The summed E-state index contributed by atoms with van der Waals surface area (Å²) < 4.78 is 0. The van der Waals surface area contributed by atoms with Gasteiger partial charge >= 0.3 is 5.97 Å². The highest BCUT2D eigenvalue weighted by atomic mass is 16.4. The third-order valence-electron chi connectivity index (χ3n) is 5.66. The van der Waals surface area contributed by atoms with Crippen LogP contribution in [0.15, 0.2) is 60.9 Å². The summed E-state index contributed by atoms with van der Waals surface area (Å²) in [6.07, 6.45) is 9.59. The number of benzene rings is 2. The maximum atomic E-state index is 11.2. The second-order valence-corrected chi connectivity index (χ2v) is 7.09.